The maximum absolute atomic E-state index is 11.0. The minimum atomic E-state index is -0.302. The van der Waals surface area contributed by atoms with Crippen LogP contribution in [0.5, 0.6) is 0 Å². The second kappa shape index (κ2) is 7.57. The van der Waals surface area contributed by atoms with Crippen LogP contribution in [0.4, 0.5) is 0 Å². The lowest BCUT2D eigenvalue weighted by atomic mass is 10.1. The van der Waals surface area contributed by atoms with Gasteiger partial charge in [0.1, 0.15) is 0 Å². The van der Waals surface area contributed by atoms with Gasteiger partial charge in [0, 0.05) is 31.1 Å². The van der Waals surface area contributed by atoms with E-state index in [1.54, 1.807) is 19.2 Å². The Morgan fingerprint density at radius 2 is 2.47 bits per heavy atom. The van der Waals surface area contributed by atoms with Gasteiger partial charge in [-0.2, -0.15) is 0 Å². The normalized spacial score (nSPS) is 12.6. The Labute approximate surface area is 102 Å². The minimum Gasteiger partial charge on any atom is -0.463 e. The zero-order chi connectivity index (χ0) is 12.5. The van der Waals surface area contributed by atoms with E-state index in [-0.39, 0.29) is 12.0 Å². The largest absolute Gasteiger partial charge is 0.463 e. The number of rotatable bonds is 6. The second-order valence-corrected chi connectivity index (χ2v) is 3.57. The van der Waals surface area contributed by atoms with E-state index in [0.717, 1.165) is 5.56 Å². The monoisotopic (exact) mass is 234 g/mol. The second-order valence-electron chi connectivity index (χ2n) is 3.57. The van der Waals surface area contributed by atoms with Crippen molar-refractivity contribution in [2.75, 3.05) is 13.2 Å². The Bertz CT molecular complexity index is 363. The molecule has 4 nitrogen and oxygen atoms in total. The van der Waals surface area contributed by atoms with Crippen molar-refractivity contribution in [1.82, 2.24) is 10.3 Å². The Kier molecular flexibility index (Phi) is 5.96. The summed E-state index contributed by atoms with van der Waals surface area (Å²) in [5.74, 6) is -0.302. The van der Waals surface area contributed by atoms with Crippen LogP contribution < -0.4 is 5.32 Å². The van der Waals surface area contributed by atoms with Crippen molar-refractivity contribution in [3.8, 4) is 0 Å². The van der Waals surface area contributed by atoms with Gasteiger partial charge in [0.25, 0.3) is 0 Å². The van der Waals surface area contributed by atoms with Crippen molar-refractivity contribution in [2.24, 2.45) is 0 Å². The van der Waals surface area contributed by atoms with E-state index in [1.807, 2.05) is 18.3 Å². The van der Waals surface area contributed by atoms with Gasteiger partial charge in [-0.25, -0.2) is 4.79 Å². The Hall–Kier alpha value is -1.68. The molecule has 0 aliphatic carbocycles. The molecule has 0 aromatic carbocycles. The van der Waals surface area contributed by atoms with E-state index < -0.39 is 0 Å². The molecule has 1 aromatic rings. The average molecular weight is 234 g/mol. The predicted molar refractivity (Wildman–Crippen MR) is 66.4 cm³/mol. The highest BCUT2D eigenvalue weighted by molar-refractivity contribution is 5.81. The van der Waals surface area contributed by atoms with Crippen LogP contribution >= 0.6 is 0 Å². The van der Waals surface area contributed by atoms with E-state index >= 15 is 0 Å². The number of esters is 1. The van der Waals surface area contributed by atoms with Gasteiger partial charge < -0.3 is 10.1 Å². The van der Waals surface area contributed by atoms with Crippen molar-refractivity contribution in [1.29, 1.82) is 0 Å². The molecule has 0 amide bonds. The topological polar surface area (TPSA) is 51.2 Å². The van der Waals surface area contributed by atoms with Crippen LogP contribution in [-0.4, -0.2) is 24.1 Å². The number of nitrogens with zero attached hydrogens (tertiary/aromatic N) is 1. The van der Waals surface area contributed by atoms with E-state index in [9.17, 15) is 4.79 Å². The molecule has 0 aliphatic rings. The molecular formula is C13H18N2O2. The molecule has 4 heteroatoms. The molecule has 0 aliphatic heterocycles. The molecule has 1 atom stereocenters. The lowest BCUT2D eigenvalue weighted by molar-refractivity contribution is -0.137. The molecule has 0 unspecified atom stereocenters. The zero-order valence-corrected chi connectivity index (χ0v) is 10.2. The van der Waals surface area contributed by atoms with Crippen LogP contribution in [0.2, 0.25) is 0 Å². The molecule has 0 bridgehead atoms. The summed E-state index contributed by atoms with van der Waals surface area (Å²) >= 11 is 0. The van der Waals surface area contributed by atoms with Crippen LogP contribution in [0.3, 0.4) is 0 Å². The van der Waals surface area contributed by atoms with Gasteiger partial charge in [0.15, 0.2) is 0 Å². The summed E-state index contributed by atoms with van der Waals surface area (Å²) < 4.78 is 4.77. The minimum absolute atomic E-state index is 0.204. The standard InChI is InChI=1S/C13H18N2O2/c1-3-17-13(16)7-5-9-15-11(2)12-6-4-8-14-10-12/h4-8,10-11,15H,3,9H2,1-2H3/b7-5+/t11-/m1/s1. The average Bonchev–Trinajstić information content (AvgIpc) is 2.36. The Balaban J connectivity index is 2.29. The van der Waals surface area contributed by atoms with Gasteiger partial charge in [-0.15, -0.1) is 0 Å². The summed E-state index contributed by atoms with van der Waals surface area (Å²) in [6, 6.07) is 4.12. The molecule has 1 rings (SSSR count). The molecule has 1 heterocycles. The molecule has 0 saturated heterocycles. The number of ether oxygens (including phenoxy) is 1. The third-order valence-corrected chi connectivity index (χ3v) is 2.27. The first-order chi connectivity index (χ1) is 8.24. The molecular weight excluding hydrogens is 216 g/mol. The van der Waals surface area contributed by atoms with Gasteiger partial charge in [0.05, 0.1) is 6.61 Å². The van der Waals surface area contributed by atoms with Crippen molar-refractivity contribution in [3.05, 3.63) is 42.2 Å². The molecule has 0 radical (unpaired) electrons. The smallest absolute Gasteiger partial charge is 0.330 e. The fourth-order valence-electron chi connectivity index (χ4n) is 1.34. The Morgan fingerprint density at radius 1 is 1.65 bits per heavy atom. The first-order valence-electron chi connectivity index (χ1n) is 5.70. The molecule has 0 saturated carbocycles. The predicted octanol–water partition coefficient (Wildman–Crippen LogP) is 1.85. The lowest BCUT2D eigenvalue weighted by Crippen LogP contribution is -2.18. The summed E-state index contributed by atoms with van der Waals surface area (Å²) in [5, 5.41) is 3.26. The van der Waals surface area contributed by atoms with Gasteiger partial charge in [-0.05, 0) is 25.5 Å². The number of hydrogen-bond acceptors (Lipinski definition) is 4. The molecule has 1 N–H and O–H groups in total. The fraction of sp³-hybridized carbons (Fsp3) is 0.385. The maximum atomic E-state index is 11.0. The van der Waals surface area contributed by atoms with Crippen molar-refractivity contribution < 1.29 is 9.53 Å². The van der Waals surface area contributed by atoms with Crippen LogP contribution in [0.15, 0.2) is 36.7 Å². The highest BCUT2D eigenvalue weighted by Crippen LogP contribution is 2.08. The zero-order valence-electron chi connectivity index (χ0n) is 10.2. The van der Waals surface area contributed by atoms with Crippen LogP contribution in [0.25, 0.3) is 0 Å². The third-order valence-electron chi connectivity index (χ3n) is 2.27. The van der Waals surface area contributed by atoms with E-state index in [1.165, 1.54) is 6.08 Å². The van der Waals surface area contributed by atoms with Gasteiger partial charge in [-0.3, -0.25) is 4.98 Å². The SMILES string of the molecule is CCOC(=O)/C=C/CN[C@H](C)c1cccnc1. The lowest BCUT2D eigenvalue weighted by Gasteiger charge is -2.11. The quantitative estimate of drug-likeness (QED) is 0.603. The molecule has 0 spiro atoms. The maximum Gasteiger partial charge on any atom is 0.330 e. The molecule has 92 valence electrons. The van der Waals surface area contributed by atoms with E-state index in [2.05, 4.69) is 17.2 Å². The number of carbonyl (C=O) groups is 1. The van der Waals surface area contributed by atoms with Crippen molar-refractivity contribution in [3.63, 3.8) is 0 Å². The highest BCUT2D eigenvalue weighted by atomic mass is 16.5. The van der Waals surface area contributed by atoms with Crippen LogP contribution in [0.1, 0.15) is 25.5 Å². The fourth-order valence-corrected chi connectivity index (χ4v) is 1.34. The van der Waals surface area contributed by atoms with E-state index in [0.29, 0.717) is 13.2 Å². The van der Waals surface area contributed by atoms with Crippen molar-refractivity contribution in [2.45, 2.75) is 19.9 Å². The van der Waals surface area contributed by atoms with Gasteiger partial charge in [-0.1, -0.05) is 12.1 Å². The summed E-state index contributed by atoms with van der Waals surface area (Å²) in [4.78, 5) is 15.1. The van der Waals surface area contributed by atoms with Crippen molar-refractivity contribution >= 4 is 5.97 Å². The number of pyridine rings is 1. The number of aromatic nitrogens is 1. The highest BCUT2D eigenvalue weighted by Gasteiger charge is 2.02. The first-order valence-corrected chi connectivity index (χ1v) is 5.70. The summed E-state index contributed by atoms with van der Waals surface area (Å²) in [5.41, 5.74) is 1.12. The number of nitrogens with one attached hydrogen (secondary N) is 1. The van der Waals surface area contributed by atoms with Gasteiger partial charge in [0.2, 0.25) is 0 Å². The molecule has 1 aromatic heterocycles. The van der Waals surface area contributed by atoms with Gasteiger partial charge >= 0.3 is 5.97 Å². The number of hydrogen-bond donors (Lipinski definition) is 1. The van der Waals surface area contributed by atoms with Crippen LogP contribution in [-0.2, 0) is 9.53 Å². The summed E-state index contributed by atoms with van der Waals surface area (Å²) in [6.07, 6.45) is 6.76. The number of carbonyl (C=O) groups excluding carboxylic acids is 1. The van der Waals surface area contributed by atoms with E-state index in [4.69, 9.17) is 4.74 Å². The first kappa shape index (κ1) is 13.4. The summed E-state index contributed by atoms with van der Waals surface area (Å²) in [7, 11) is 0. The Morgan fingerprint density at radius 3 is 3.12 bits per heavy atom. The third kappa shape index (κ3) is 5.26. The van der Waals surface area contributed by atoms with Crippen LogP contribution in [0, 0.1) is 0 Å². The summed E-state index contributed by atoms with van der Waals surface area (Å²) in [6.45, 7) is 4.86. The molecule has 0 fully saturated rings. The molecule has 17 heavy (non-hydrogen) atoms.